The fourth-order valence-corrected chi connectivity index (χ4v) is 8.59. The first-order valence-corrected chi connectivity index (χ1v) is 12.0. The van der Waals surface area contributed by atoms with Crippen LogP contribution in [0.4, 0.5) is 0 Å². The van der Waals surface area contributed by atoms with Crippen LogP contribution in [0, 0.1) is 0 Å². The third-order valence-electron chi connectivity index (χ3n) is 5.27. The van der Waals surface area contributed by atoms with Gasteiger partial charge in [0.15, 0.2) is 12.6 Å². The molecule has 1 aliphatic heterocycles. The molecule has 2 aromatic carbocycles. The van der Waals surface area contributed by atoms with Crippen LogP contribution in [0.15, 0.2) is 72.8 Å². The van der Waals surface area contributed by atoms with E-state index in [4.69, 9.17) is 13.9 Å². The van der Waals surface area contributed by atoms with Gasteiger partial charge >= 0.3 is 0 Å². The van der Waals surface area contributed by atoms with Gasteiger partial charge in [-0.05, 0) is 28.4 Å². The highest BCUT2D eigenvalue weighted by molar-refractivity contribution is 6.99. The lowest BCUT2D eigenvalue weighted by Crippen LogP contribution is -2.68. The summed E-state index contributed by atoms with van der Waals surface area (Å²) in [6.45, 7) is 9.06. The van der Waals surface area contributed by atoms with E-state index in [-0.39, 0.29) is 5.04 Å². The summed E-state index contributed by atoms with van der Waals surface area (Å²) in [4.78, 5) is 11.8. The Morgan fingerprint density at radius 2 is 1.52 bits per heavy atom. The Morgan fingerprint density at radius 1 is 0.966 bits per heavy atom. The van der Waals surface area contributed by atoms with Gasteiger partial charge in [0, 0.05) is 6.61 Å². The Balaban J connectivity index is 2.11. The first-order valence-electron chi connectivity index (χ1n) is 10.1. The zero-order valence-corrected chi connectivity index (χ0v) is 18.6. The molecule has 29 heavy (non-hydrogen) atoms. The fraction of sp³-hybridized carbons (Fsp3) is 0.375. The molecule has 0 aliphatic carbocycles. The highest BCUT2D eigenvalue weighted by atomic mass is 28.4. The van der Waals surface area contributed by atoms with Crippen LogP contribution < -0.4 is 10.4 Å². The number of ether oxygens (including phenoxy) is 2. The van der Waals surface area contributed by atoms with Crippen LogP contribution in [-0.4, -0.2) is 39.7 Å². The highest BCUT2D eigenvalue weighted by Gasteiger charge is 2.52. The normalized spacial score (nSPS) is 22.4. The van der Waals surface area contributed by atoms with E-state index in [0.717, 1.165) is 6.29 Å². The predicted octanol–water partition coefficient (Wildman–Crippen LogP) is 3.45. The average Bonchev–Trinajstić information content (AvgIpc) is 2.73. The Kier molecular flexibility index (Phi) is 6.85. The topological polar surface area (TPSA) is 44.8 Å². The maximum atomic E-state index is 11.8. The lowest BCUT2D eigenvalue weighted by Gasteiger charge is -2.46. The van der Waals surface area contributed by atoms with Crippen molar-refractivity contribution in [2.24, 2.45) is 0 Å². The van der Waals surface area contributed by atoms with Gasteiger partial charge in [0.25, 0.3) is 8.32 Å². The van der Waals surface area contributed by atoms with E-state index in [1.54, 1.807) is 0 Å². The summed E-state index contributed by atoms with van der Waals surface area (Å²) >= 11 is 0. The Hall–Kier alpha value is -2.05. The van der Waals surface area contributed by atoms with Crippen molar-refractivity contribution in [1.82, 2.24) is 0 Å². The Bertz CT molecular complexity index is 774. The molecule has 0 spiro atoms. The minimum absolute atomic E-state index is 0.173. The molecule has 0 fully saturated rings. The second kappa shape index (κ2) is 9.18. The third-order valence-corrected chi connectivity index (χ3v) is 10.3. The maximum absolute atomic E-state index is 11.8. The van der Waals surface area contributed by atoms with Gasteiger partial charge in [0.05, 0.1) is 6.10 Å². The van der Waals surface area contributed by atoms with Gasteiger partial charge in [-0.2, -0.15) is 0 Å². The van der Waals surface area contributed by atoms with Gasteiger partial charge in [-0.1, -0.05) is 87.5 Å². The first-order chi connectivity index (χ1) is 13.9. The average molecular weight is 411 g/mol. The summed E-state index contributed by atoms with van der Waals surface area (Å²) in [6.07, 6.45) is 2.87. The molecule has 0 saturated carbocycles. The standard InChI is InChI=1S/C24H30O4Si/c1-5-26-23-17-16-21(22(18-25)27-23)28-29(24(2,3)4,19-12-8-6-9-13-19)20-14-10-7-11-15-20/h6-18,21-23H,5H2,1-4H3/t21-,22+,23-/m0/s1. The van der Waals surface area contributed by atoms with Crippen LogP contribution in [0.3, 0.4) is 0 Å². The van der Waals surface area contributed by atoms with Crippen molar-refractivity contribution in [3.63, 3.8) is 0 Å². The second-order valence-corrected chi connectivity index (χ2v) is 12.4. The van der Waals surface area contributed by atoms with Crippen molar-refractivity contribution in [3.8, 4) is 0 Å². The van der Waals surface area contributed by atoms with E-state index >= 15 is 0 Å². The lowest BCUT2D eigenvalue weighted by molar-refractivity contribution is -0.168. The monoisotopic (exact) mass is 410 g/mol. The zero-order chi connectivity index (χ0) is 20.9. The molecule has 3 rings (SSSR count). The first kappa shape index (κ1) is 21.7. The second-order valence-electron chi connectivity index (χ2n) is 8.19. The highest BCUT2D eigenvalue weighted by Crippen LogP contribution is 2.38. The SMILES string of the molecule is CCO[C@@H]1C=C[C@H](O[Si](c2ccccc2)(c2ccccc2)C(C)(C)C)[C@@H](C=O)O1. The number of benzene rings is 2. The van der Waals surface area contributed by atoms with Crippen LogP contribution in [0.5, 0.6) is 0 Å². The van der Waals surface area contributed by atoms with E-state index in [9.17, 15) is 4.79 Å². The van der Waals surface area contributed by atoms with Crippen molar-refractivity contribution in [2.45, 2.75) is 51.2 Å². The van der Waals surface area contributed by atoms with Gasteiger partial charge in [-0.15, -0.1) is 0 Å². The quantitative estimate of drug-likeness (QED) is 0.398. The number of hydrogen-bond acceptors (Lipinski definition) is 4. The van der Waals surface area contributed by atoms with E-state index in [2.05, 4.69) is 45.0 Å². The molecule has 0 saturated heterocycles. The molecule has 0 aromatic heterocycles. The van der Waals surface area contributed by atoms with Gasteiger partial charge < -0.3 is 18.7 Å². The molecular formula is C24H30O4Si. The molecule has 5 heteroatoms. The van der Waals surface area contributed by atoms with Gasteiger partial charge in [-0.3, -0.25) is 0 Å². The Labute approximate surface area is 174 Å². The van der Waals surface area contributed by atoms with Crippen LogP contribution in [0.25, 0.3) is 0 Å². The van der Waals surface area contributed by atoms with Crippen molar-refractivity contribution in [2.75, 3.05) is 6.61 Å². The van der Waals surface area contributed by atoms with Crippen LogP contribution in [-0.2, 0) is 18.7 Å². The minimum atomic E-state index is -2.77. The van der Waals surface area contributed by atoms with E-state index in [1.165, 1.54) is 10.4 Å². The van der Waals surface area contributed by atoms with Crippen molar-refractivity contribution in [1.29, 1.82) is 0 Å². The summed E-state index contributed by atoms with van der Waals surface area (Å²) in [5.41, 5.74) is 0. The van der Waals surface area contributed by atoms with Crippen molar-refractivity contribution in [3.05, 3.63) is 72.8 Å². The molecule has 0 amide bonds. The number of rotatable bonds is 7. The summed E-state index contributed by atoms with van der Waals surface area (Å²) in [6, 6.07) is 20.8. The summed E-state index contributed by atoms with van der Waals surface area (Å²) in [5, 5.41) is 2.17. The molecule has 0 bridgehead atoms. The van der Waals surface area contributed by atoms with Crippen molar-refractivity contribution >= 4 is 25.0 Å². The largest absolute Gasteiger partial charge is 0.398 e. The molecule has 0 N–H and O–H groups in total. The minimum Gasteiger partial charge on any atom is -0.398 e. The molecule has 154 valence electrons. The molecule has 0 unspecified atom stereocenters. The predicted molar refractivity (Wildman–Crippen MR) is 118 cm³/mol. The summed E-state index contributed by atoms with van der Waals surface area (Å²) < 4.78 is 18.3. The zero-order valence-electron chi connectivity index (χ0n) is 17.6. The van der Waals surface area contributed by atoms with E-state index in [0.29, 0.717) is 6.61 Å². The molecular weight excluding hydrogens is 380 g/mol. The molecule has 2 aromatic rings. The van der Waals surface area contributed by atoms with Gasteiger partial charge in [-0.25, -0.2) is 0 Å². The smallest absolute Gasteiger partial charge is 0.262 e. The molecule has 1 aliphatic rings. The summed E-state index contributed by atoms with van der Waals surface area (Å²) in [5.74, 6) is 0. The van der Waals surface area contributed by atoms with E-state index in [1.807, 2.05) is 55.5 Å². The molecule has 4 nitrogen and oxygen atoms in total. The maximum Gasteiger partial charge on any atom is 0.262 e. The lowest BCUT2D eigenvalue weighted by atomic mass is 10.1. The third kappa shape index (κ3) is 4.43. The van der Waals surface area contributed by atoms with Crippen LogP contribution in [0.2, 0.25) is 5.04 Å². The number of aldehydes is 1. The number of hydrogen-bond donors (Lipinski definition) is 0. The molecule has 1 heterocycles. The number of carbonyl (C=O) groups is 1. The fourth-order valence-electron chi connectivity index (χ4n) is 3.96. The van der Waals surface area contributed by atoms with Crippen LogP contribution in [0.1, 0.15) is 27.7 Å². The van der Waals surface area contributed by atoms with Crippen LogP contribution >= 0.6 is 0 Å². The van der Waals surface area contributed by atoms with Gasteiger partial charge in [0.2, 0.25) is 0 Å². The summed E-state index contributed by atoms with van der Waals surface area (Å²) in [7, 11) is -2.77. The van der Waals surface area contributed by atoms with E-state index < -0.39 is 26.8 Å². The molecule has 0 radical (unpaired) electrons. The Morgan fingerprint density at radius 3 is 1.97 bits per heavy atom. The van der Waals surface area contributed by atoms with Gasteiger partial charge in [0.1, 0.15) is 6.10 Å². The number of carbonyl (C=O) groups excluding carboxylic acids is 1. The van der Waals surface area contributed by atoms with Crippen molar-refractivity contribution < 1.29 is 18.7 Å². The molecule has 3 atom stereocenters.